The van der Waals surface area contributed by atoms with Crippen LogP contribution in [-0.2, 0) is 14.3 Å². The van der Waals surface area contributed by atoms with Crippen LogP contribution >= 0.6 is 23.4 Å². The number of carbonyl (C=O) groups is 2. The molecule has 1 aliphatic rings. The third kappa shape index (κ3) is 3.04. The Morgan fingerprint density at radius 2 is 2.26 bits per heavy atom. The predicted octanol–water partition coefficient (Wildman–Crippen LogP) is 2.73. The summed E-state index contributed by atoms with van der Waals surface area (Å²) in [6.45, 7) is 3.79. The molecule has 1 aromatic rings. The van der Waals surface area contributed by atoms with E-state index in [4.69, 9.17) is 16.3 Å². The van der Waals surface area contributed by atoms with Gasteiger partial charge in [-0.2, -0.15) is 0 Å². The van der Waals surface area contributed by atoms with Gasteiger partial charge in [-0.3, -0.25) is 14.5 Å². The zero-order valence-electron chi connectivity index (χ0n) is 10.7. The van der Waals surface area contributed by atoms with E-state index in [1.54, 1.807) is 19.1 Å². The molecular formula is C13H14ClNO3S. The molecule has 0 saturated heterocycles. The maximum Gasteiger partial charge on any atom is 0.326 e. The lowest BCUT2D eigenvalue weighted by molar-refractivity contribution is -0.142. The molecule has 0 fully saturated rings. The first-order valence-corrected chi connectivity index (χ1v) is 7.22. The molecule has 102 valence electrons. The predicted molar refractivity (Wildman–Crippen MR) is 75.8 cm³/mol. The van der Waals surface area contributed by atoms with Crippen molar-refractivity contribution in [3.63, 3.8) is 0 Å². The average Bonchev–Trinajstić information content (AvgIpc) is 2.35. The first-order valence-electron chi connectivity index (χ1n) is 5.96. The molecule has 1 atom stereocenters. The van der Waals surface area contributed by atoms with Crippen molar-refractivity contribution in [2.24, 2.45) is 0 Å². The van der Waals surface area contributed by atoms with Gasteiger partial charge in [-0.1, -0.05) is 11.6 Å². The van der Waals surface area contributed by atoms with Gasteiger partial charge in [-0.25, -0.2) is 0 Å². The minimum Gasteiger partial charge on any atom is -0.465 e. The fraction of sp³-hybridized carbons (Fsp3) is 0.385. The number of fused-ring (bicyclic) bond motifs is 1. The zero-order chi connectivity index (χ0) is 14.0. The molecule has 0 bridgehead atoms. The van der Waals surface area contributed by atoms with E-state index < -0.39 is 5.97 Å². The normalized spacial score (nSPS) is 18.2. The molecule has 0 N–H and O–H groups in total. The molecule has 0 radical (unpaired) electrons. The molecule has 1 amide bonds. The Bertz CT molecular complexity index is 521. The van der Waals surface area contributed by atoms with Crippen LogP contribution < -0.4 is 4.90 Å². The van der Waals surface area contributed by atoms with Gasteiger partial charge in [0.1, 0.15) is 6.54 Å². The van der Waals surface area contributed by atoms with E-state index in [1.165, 1.54) is 16.7 Å². The van der Waals surface area contributed by atoms with E-state index in [2.05, 4.69) is 0 Å². The Morgan fingerprint density at radius 1 is 1.53 bits per heavy atom. The highest BCUT2D eigenvalue weighted by molar-refractivity contribution is 8.01. The molecule has 6 heteroatoms. The first-order chi connectivity index (χ1) is 9.02. The molecule has 4 nitrogen and oxygen atoms in total. The van der Waals surface area contributed by atoms with Gasteiger partial charge in [0.15, 0.2) is 0 Å². The van der Waals surface area contributed by atoms with Gasteiger partial charge in [0, 0.05) is 9.92 Å². The standard InChI is InChI=1S/C13H14ClNO3S/c1-3-18-12(16)7-15-10-5-4-9(14)6-11(10)19-8(2)13(15)17/h4-6,8H,3,7H2,1-2H3. The molecule has 1 aliphatic heterocycles. The smallest absolute Gasteiger partial charge is 0.326 e. The summed E-state index contributed by atoms with van der Waals surface area (Å²) in [4.78, 5) is 26.1. The van der Waals surface area contributed by atoms with Crippen LogP contribution in [0.25, 0.3) is 0 Å². The Labute approximate surface area is 121 Å². The van der Waals surface area contributed by atoms with Crippen molar-refractivity contribution in [3.05, 3.63) is 23.2 Å². The second kappa shape index (κ2) is 5.84. The van der Waals surface area contributed by atoms with Gasteiger partial charge in [0.05, 0.1) is 17.5 Å². The highest BCUT2D eigenvalue weighted by Crippen LogP contribution is 2.40. The molecule has 0 aliphatic carbocycles. The lowest BCUT2D eigenvalue weighted by Crippen LogP contribution is -2.43. The summed E-state index contributed by atoms with van der Waals surface area (Å²) >= 11 is 7.41. The van der Waals surface area contributed by atoms with Crippen LogP contribution in [0, 0.1) is 0 Å². The second-order valence-corrected chi connectivity index (χ2v) is 5.92. The Balaban J connectivity index is 2.31. The molecule has 1 unspecified atom stereocenters. The molecule has 0 aromatic heterocycles. The molecular weight excluding hydrogens is 286 g/mol. The number of anilines is 1. The van der Waals surface area contributed by atoms with Crippen molar-refractivity contribution >= 4 is 40.9 Å². The lowest BCUT2D eigenvalue weighted by Gasteiger charge is -2.31. The number of hydrogen-bond acceptors (Lipinski definition) is 4. The van der Waals surface area contributed by atoms with E-state index in [-0.39, 0.29) is 17.7 Å². The van der Waals surface area contributed by atoms with Gasteiger partial charge in [-0.15, -0.1) is 11.8 Å². The first kappa shape index (κ1) is 14.2. The number of amides is 1. The van der Waals surface area contributed by atoms with Crippen LogP contribution in [0.4, 0.5) is 5.69 Å². The topological polar surface area (TPSA) is 46.6 Å². The third-order valence-electron chi connectivity index (χ3n) is 2.72. The van der Waals surface area contributed by atoms with E-state index >= 15 is 0 Å². The Morgan fingerprint density at radius 3 is 2.95 bits per heavy atom. The van der Waals surface area contributed by atoms with Gasteiger partial charge >= 0.3 is 5.97 Å². The largest absolute Gasteiger partial charge is 0.465 e. The number of halogens is 1. The molecule has 0 saturated carbocycles. The molecule has 1 aromatic carbocycles. The monoisotopic (exact) mass is 299 g/mol. The van der Waals surface area contributed by atoms with Crippen molar-refractivity contribution in [1.82, 2.24) is 0 Å². The summed E-state index contributed by atoms with van der Waals surface area (Å²) in [5, 5.41) is 0.379. The van der Waals surface area contributed by atoms with Crippen LogP contribution in [0.2, 0.25) is 5.02 Å². The van der Waals surface area contributed by atoms with Crippen molar-refractivity contribution < 1.29 is 14.3 Å². The number of hydrogen-bond donors (Lipinski definition) is 0. The lowest BCUT2D eigenvalue weighted by atomic mass is 10.2. The number of rotatable bonds is 3. The minimum absolute atomic E-state index is 0.0633. The fourth-order valence-corrected chi connectivity index (χ4v) is 3.22. The Kier molecular flexibility index (Phi) is 4.37. The Hall–Kier alpha value is -1.20. The number of esters is 1. The maximum absolute atomic E-state index is 12.2. The van der Waals surface area contributed by atoms with Crippen molar-refractivity contribution in [2.75, 3.05) is 18.1 Å². The molecule has 2 rings (SSSR count). The molecule has 0 spiro atoms. The summed E-state index contributed by atoms with van der Waals surface area (Å²) in [6.07, 6.45) is 0. The van der Waals surface area contributed by atoms with Crippen LogP contribution in [0.5, 0.6) is 0 Å². The summed E-state index contributed by atoms with van der Waals surface area (Å²) in [5.41, 5.74) is 0.713. The summed E-state index contributed by atoms with van der Waals surface area (Å²) < 4.78 is 4.90. The van der Waals surface area contributed by atoms with Gasteiger partial charge in [0.25, 0.3) is 0 Å². The summed E-state index contributed by atoms with van der Waals surface area (Å²) in [7, 11) is 0. The third-order valence-corrected chi connectivity index (χ3v) is 4.09. The van der Waals surface area contributed by atoms with Gasteiger partial charge in [0.2, 0.25) is 5.91 Å². The summed E-state index contributed by atoms with van der Waals surface area (Å²) in [5.74, 6) is -0.497. The minimum atomic E-state index is -0.407. The van der Waals surface area contributed by atoms with Crippen molar-refractivity contribution in [3.8, 4) is 0 Å². The van der Waals surface area contributed by atoms with Crippen LogP contribution in [0.15, 0.2) is 23.1 Å². The van der Waals surface area contributed by atoms with Crippen molar-refractivity contribution in [2.45, 2.75) is 24.0 Å². The summed E-state index contributed by atoms with van der Waals surface area (Å²) in [6, 6.07) is 5.28. The quantitative estimate of drug-likeness (QED) is 0.805. The molecule has 1 heterocycles. The van der Waals surface area contributed by atoms with E-state index in [0.29, 0.717) is 17.3 Å². The van der Waals surface area contributed by atoms with Crippen molar-refractivity contribution in [1.29, 1.82) is 0 Å². The molecule has 19 heavy (non-hydrogen) atoms. The number of ether oxygens (including phenoxy) is 1. The number of nitrogens with zero attached hydrogens (tertiary/aromatic N) is 1. The van der Waals surface area contributed by atoms with E-state index in [9.17, 15) is 9.59 Å². The average molecular weight is 300 g/mol. The van der Waals surface area contributed by atoms with E-state index in [1.807, 2.05) is 13.0 Å². The maximum atomic E-state index is 12.2. The van der Waals surface area contributed by atoms with Crippen LogP contribution in [-0.4, -0.2) is 30.3 Å². The van der Waals surface area contributed by atoms with Gasteiger partial charge in [-0.05, 0) is 32.0 Å². The number of carbonyl (C=O) groups excluding carboxylic acids is 2. The number of thioether (sulfide) groups is 1. The number of benzene rings is 1. The van der Waals surface area contributed by atoms with Gasteiger partial charge < -0.3 is 4.74 Å². The highest BCUT2D eigenvalue weighted by atomic mass is 35.5. The second-order valence-electron chi connectivity index (χ2n) is 4.10. The SMILES string of the molecule is CCOC(=O)CN1C(=O)C(C)Sc2cc(Cl)ccc21. The fourth-order valence-electron chi connectivity index (χ4n) is 1.88. The van der Waals surface area contributed by atoms with Crippen LogP contribution in [0.1, 0.15) is 13.8 Å². The highest BCUT2D eigenvalue weighted by Gasteiger charge is 2.32. The van der Waals surface area contributed by atoms with E-state index in [0.717, 1.165) is 4.90 Å². The zero-order valence-corrected chi connectivity index (χ0v) is 12.3. The van der Waals surface area contributed by atoms with Crippen LogP contribution in [0.3, 0.4) is 0 Å².